The highest BCUT2D eigenvalue weighted by molar-refractivity contribution is 6.33. The van der Waals surface area contributed by atoms with Crippen LogP contribution in [0.5, 0.6) is 0 Å². The summed E-state index contributed by atoms with van der Waals surface area (Å²) in [6.45, 7) is 2.12. The molecule has 0 radical (unpaired) electrons. The number of nitrogens with one attached hydrogen (secondary N) is 1. The third kappa shape index (κ3) is 2.43. The van der Waals surface area contributed by atoms with Gasteiger partial charge in [0.05, 0.1) is 10.7 Å². The monoisotopic (exact) mass is 227 g/mol. The molecule has 1 aromatic carbocycles. The zero-order valence-corrected chi connectivity index (χ0v) is 9.52. The fourth-order valence-corrected chi connectivity index (χ4v) is 2.09. The van der Waals surface area contributed by atoms with E-state index in [9.17, 15) is 4.39 Å². The Hall–Kier alpha value is -0.760. The molecule has 1 unspecified atom stereocenters. The first-order valence-corrected chi connectivity index (χ1v) is 5.80. The highest BCUT2D eigenvalue weighted by Gasteiger charge is 2.30. The Labute approximate surface area is 94.6 Å². The molecule has 2 rings (SSSR count). The Morgan fingerprint density at radius 1 is 1.53 bits per heavy atom. The summed E-state index contributed by atoms with van der Waals surface area (Å²) < 4.78 is 13.5. The van der Waals surface area contributed by atoms with Gasteiger partial charge in [0.2, 0.25) is 0 Å². The van der Waals surface area contributed by atoms with Crippen molar-refractivity contribution in [1.82, 2.24) is 0 Å². The summed E-state index contributed by atoms with van der Waals surface area (Å²) in [5.74, 6) is 0.437. The molecule has 82 valence electrons. The molecule has 1 fully saturated rings. The lowest BCUT2D eigenvalue weighted by atomic mass is 10.1. The third-order valence-corrected chi connectivity index (χ3v) is 3.24. The van der Waals surface area contributed by atoms with Crippen LogP contribution >= 0.6 is 11.6 Å². The lowest BCUT2D eigenvalue weighted by molar-refractivity contribution is 0.594. The molecule has 1 nitrogen and oxygen atoms in total. The maximum atomic E-state index is 13.5. The van der Waals surface area contributed by atoms with Crippen molar-refractivity contribution in [3.63, 3.8) is 0 Å². The summed E-state index contributed by atoms with van der Waals surface area (Å²) in [5, 5.41) is 3.69. The van der Waals surface area contributed by atoms with Crippen LogP contribution in [0.4, 0.5) is 10.1 Å². The van der Waals surface area contributed by atoms with E-state index in [4.69, 9.17) is 11.6 Å². The molecule has 15 heavy (non-hydrogen) atoms. The zero-order chi connectivity index (χ0) is 10.8. The Morgan fingerprint density at radius 2 is 2.27 bits per heavy atom. The first-order valence-electron chi connectivity index (χ1n) is 5.43. The number of hydrogen-bond acceptors (Lipinski definition) is 1. The van der Waals surface area contributed by atoms with E-state index in [-0.39, 0.29) is 5.82 Å². The zero-order valence-electron chi connectivity index (χ0n) is 8.76. The van der Waals surface area contributed by atoms with E-state index in [1.165, 1.54) is 18.9 Å². The van der Waals surface area contributed by atoms with E-state index in [0.29, 0.717) is 22.7 Å². The summed E-state index contributed by atoms with van der Waals surface area (Å²) in [4.78, 5) is 0. The molecular formula is C12H15ClFN. The normalized spacial score (nSPS) is 17.5. The van der Waals surface area contributed by atoms with Gasteiger partial charge in [-0.1, -0.05) is 24.6 Å². The van der Waals surface area contributed by atoms with Crippen molar-refractivity contribution in [2.75, 3.05) is 5.32 Å². The molecule has 1 atom stereocenters. The van der Waals surface area contributed by atoms with E-state index in [2.05, 4.69) is 12.2 Å². The molecule has 1 N–H and O–H groups in total. The molecule has 1 saturated carbocycles. The van der Waals surface area contributed by atoms with Gasteiger partial charge in [-0.05, 0) is 37.3 Å². The van der Waals surface area contributed by atoms with Gasteiger partial charge < -0.3 is 5.32 Å². The van der Waals surface area contributed by atoms with E-state index < -0.39 is 0 Å². The molecule has 0 aromatic heterocycles. The van der Waals surface area contributed by atoms with Crippen LogP contribution in [-0.2, 0) is 0 Å². The predicted molar refractivity (Wildman–Crippen MR) is 61.8 cm³/mol. The SMILES string of the molecule is CCC(Nc1c(F)cccc1Cl)C1CC1. The summed E-state index contributed by atoms with van der Waals surface area (Å²) in [5.41, 5.74) is 0.456. The van der Waals surface area contributed by atoms with Gasteiger partial charge in [0.15, 0.2) is 0 Å². The highest BCUT2D eigenvalue weighted by atomic mass is 35.5. The molecule has 0 amide bonds. The summed E-state index contributed by atoms with van der Waals surface area (Å²) in [6.07, 6.45) is 3.50. The second-order valence-corrected chi connectivity index (χ2v) is 4.50. The fourth-order valence-electron chi connectivity index (χ4n) is 1.87. The Kier molecular flexibility index (Phi) is 3.15. The van der Waals surface area contributed by atoms with Gasteiger partial charge in [-0.3, -0.25) is 0 Å². The lowest BCUT2D eigenvalue weighted by Crippen LogP contribution is -2.21. The highest BCUT2D eigenvalue weighted by Crippen LogP contribution is 2.37. The van der Waals surface area contributed by atoms with Crippen LogP contribution in [0.25, 0.3) is 0 Å². The molecule has 0 spiro atoms. The largest absolute Gasteiger partial charge is 0.378 e. The van der Waals surface area contributed by atoms with Crippen LogP contribution in [-0.4, -0.2) is 6.04 Å². The van der Waals surface area contributed by atoms with E-state index >= 15 is 0 Å². The second kappa shape index (κ2) is 4.40. The molecule has 0 saturated heterocycles. The second-order valence-electron chi connectivity index (χ2n) is 4.09. The number of halogens is 2. The van der Waals surface area contributed by atoms with Crippen molar-refractivity contribution in [1.29, 1.82) is 0 Å². The minimum atomic E-state index is -0.262. The summed E-state index contributed by atoms with van der Waals surface area (Å²) in [7, 11) is 0. The topological polar surface area (TPSA) is 12.0 Å². The summed E-state index contributed by atoms with van der Waals surface area (Å²) >= 11 is 5.95. The van der Waals surface area contributed by atoms with Crippen molar-refractivity contribution < 1.29 is 4.39 Å². The van der Waals surface area contributed by atoms with Crippen molar-refractivity contribution >= 4 is 17.3 Å². The molecule has 1 aliphatic rings. The van der Waals surface area contributed by atoms with E-state index in [1.807, 2.05) is 0 Å². The van der Waals surface area contributed by atoms with Crippen LogP contribution in [0.3, 0.4) is 0 Å². The minimum absolute atomic E-state index is 0.262. The molecule has 3 heteroatoms. The maximum absolute atomic E-state index is 13.5. The average Bonchev–Trinajstić information content (AvgIpc) is 3.01. The number of rotatable bonds is 4. The first-order chi connectivity index (χ1) is 7.22. The van der Waals surface area contributed by atoms with Crippen LogP contribution in [0, 0.1) is 11.7 Å². The average molecular weight is 228 g/mol. The van der Waals surface area contributed by atoms with Crippen molar-refractivity contribution in [2.24, 2.45) is 5.92 Å². The van der Waals surface area contributed by atoms with Crippen molar-refractivity contribution in [3.8, 4) is 0 Å². The van der Waals surface area contributed by atoms with Gasteiger partial charge in [0, 0.05) is 6.04 Å². The molecular weight excluding hydrogens is 213 g/mol. The minimum Gasteiger partial charge on any atom is -0.378 e. The van der Waals surface area contributed by atoms with Crippen LogP contribution in [0.2, 0.25) is 5.02 Å². The predicted octanol–water partition coefficient (Wildman–Crippen LogP) is 4.08. The number of hydrogen-bond donors (Lipinski definition) is 1. The Morgan fingerprint density at radius 3 is 2.80 bits per heavy atom. The molecule has 1 aromatic rings. The third-order valence-electron chi connectivity index (χ3n) is 2.92. The van der Waals surface area contributed by atoms with Crippen molar-refractivity contribution in [3.05, 3.63) is 29.0 Å². The van der Waals surface area contributed by atoms with Crippen molar-refractivity contribution in [2.45, 2.75) is 32.2 Å². The summed E-state index contributed by atoms with van der Waals surface area (Å²) in [6, 6.07) is 5.14. The number of anilines is 1. The van der Waals surface area contributed by atoms with Gasteiger partial charge in [-0.15, -0.1) is 0 Å². The first kappa shape index (κ1) is 10.7. The number of para-hydroxylation sites is 1. The van der Waals surface area contributed by atoms with Gasteiger partial charge in [-0.2, -0.15) is 0 Å². The van der Waals surface area contributed by atoms with Gasteiger partial charge in [0.25, 0.3) is 0 Å². The van der Waals surface area contributed by atoms with E-state index in [0.717, 1.165) is 6.42 Å². The fraction of sp³-hybridized carbons (Fsp3) is 0.500. The molecule has 0 heterocycles. The van der Waals surface area contributed by atoms with Crippen LogP contribution < -0.4 is 5.32 Å². The van der Waals surface area contributed by atoms with Gasteiger partial charge in [-0.25, -0.2) is 4.39 Å². The lowest BCUT2D eigenvalue weighted by Gasteiger charge is -2.18. The van der Waals surface area contributed by atoms with Crippen LogP contribution in [0.1, 0.15) is 26.2 Å². The standard InChI is InChI=1S/C12H15ClFN/c1-2-11(8-6-7-8)15-12-9(13)4-3-5-10(12)14/h3-5,8,11,15H,2,6-7H2,1H3. The van der Waals surface area contributed by atoms with Gasteiger partial charge in [0.1, 0.15) is 5.82 Å². The maximum Gasteiger partial charge on any atom is 0.147 e. The molecule has 1 aliphatic carbocycles. The smallest absolute Gasteiger partial charge is 0.147 e. The Balaban J connectivity index is 2.14. The Bertz CT molecular complexity index is 329. The number of benzene rings is 1. The van der Waals surface area contributed by atoms with E-state index in [1.54, 1.807) is 12.1 Å². The molecule has 0 bridgehead atoms. The van der Waals surface area contributed by atoms with Gasteiger partial charge >= 0.3 is 0 Å². The quantitative estimate of drug-likeness (QED) is 0.817. The van der Waals surface area contributed by atoms with Crippen LogP contribution in [0.15, 0.2) is 18.2 Å². The molecule has 0 aliphatic heterocycles.